The smallest absolute Gasteiger partial charge is 0.417 e. The van der Waals surface area contributed by atoms with Crippen molar-refractivity contribution in [2.24, 2.45) is 0 Å². The van der Waals surface area contributed by atoms with Crippen LogP contribution in [0.15, 0.2) is 36.5 Å². The molecule has 5 rings (SSSR count). The van der Waals surface area contributed by atoms with Gasteiger partial charge in [-0.2, -0.15) is 26.3 Å². The van der Waals surface area contributed by atoms with E-state index in [2.05, 4.69) is 4.98 Å². The minimum absolute atomic E-state index is 0.0125. The summed E-state index contributed by atoms with van der Waals surface area (Å²) in [4.78, 5) is 18.8. The van der Waals surface area contributed by atoms with Gasteiger partial charge >= 0.3 is 18.3 Å². The molecule has 4 heterocycles. The standard InChI is InChI=1S/C25H24F6N2O4/c26-24(27,28)14-3-7-20(19(10-14)23(34)37-22-2-1-9-35-22)36-18-11-16-5-6-17(12-18)33(16)21-8-4-15(13-32-21)25(29,30)31/h3-4,7-8,10,13,16-18,22H,1-2,5-6,9,11-12H2/t16-,17?,18?,22?/m0/s1. The fraction of sp³-hybridized carbons (Fsp3) is 0.520. The SMILES string of the molecule is O=C(OC1CCCO1)c1cc(C(F)(F)F)ccc1OC1CC2CC[C@@H](C1)N2c1ccc(C(F)(F)F)cn1. The zero-order valence-electron chi connectivity index (χ0n) is 19.5. The first-order valence-corrected chi connectivity index (χ1v) is 12.0. The van der Waals surface area contributed by atoms with E-state index in [9.17, 15) is 31.1 Å². The molecule has 3 aliphatic rings. The number of hydrogen-bond acceptors (Lipinski definition) is 6. The third-order valence-electron chi connectivity index (χ3n) is 6.98. The fourth-order valence-corrected chi connectivity index (χ4v) is 5.28. The van der Waals surface area contributed by atoms with Crippen LogP contribution < -0.4 is 9.64 Å². The van der Waals surface area contributed by atoms with Gasteiger partial charge in [0, 0.05) is 37.5 Å². The van der Waals surface area contributed by atoms with Gasteiger partial charge in [-0.15, -0.1) is 0 Å². The number of hydrogen-bond donors (Lipinski definition) is 0. The predicted octanol–water partition coefficient (Wildman–Crippen LogP) is 5.99. The molecule has 4 atom stereocenters. The average Bonchev–Trinajstić information content (AvgIpc) is 3.43. The predicted molar refractivity (Wildman–Crippen MR) is 118 cm³/mol. The molecule has 6 nitrogen and oxygen atoms in total. The van der Waals surface area contributed by atoms with Crippen LogP contribution in [0, 0.1) is 0 Å². The van der Waals surface area contributed by atoms with Crippen LogP contribution in [0.2, 0.25) is 0 Å². The number of ether oxygens (including phenoxy) is 3. The first-order chi connectivity index (χ1) is 17.5. The summed E-state index contributed by atoms with van der Waals surface area (Å²) in [5.74, 6) is -0.529. The lowest BCUT2D eigenvalue weighted by atomic mass is 9.99. The van der Waals surface area contributed by atoms with Crippen molar-refractivity contribution in [3.63, 3.8) is 0 Å². The van der Waals surface area contributed by atoms with E-state index in [1.807, 2.05) is 4.90 Å². The van der Waals surface area contributed by atoms with Crippen molar-refractivity contribution in [2.75, 3.05) is 11.5 Å². The molecule has 1 aromatic carbocycles. The van der Waals surface area contributed by atoms with Crippen LogP contribution in [-0.2, 0) is 21.8 Å². The molecule has 2 aromatic rings. The van der Waals surface area contributed by atoms with Gasteiger partial charge in [-0.25, -0.2) is 9.78 Å². The van der Waals surface area contributed by atoms with Crippen LogP contribution in [-0.4, -0.2) is 42.0 Å². The second kappa shape index (κ2) is 9.70. The van der Waals surface area contributed by atoms with E-state index in [0.29, 0.717) is 38.1 Å². The van der Waals surface area contributed by atoms with Crippen molar-refractivity contribution in [1.29, 1.82) is 0 Å². The average molecular weight is 530 g/mol. The molecule has 0 saturated carbocycles. The molecule has 37 heavy (non-hydrogen) atoms. The quantitative estimate of drug-likeness (QED) is 0.350. The second-order valence-electron chi connectivity index (χ2n) is 9.46. The van der Waals surface area contributed by atoms with Crippen LogP contribution in [0.4, 0.5) is 32.2 Å². The third-order valence-corrected chi connectivity index (χ3v) is 6.98. The number of pyridine rings is 1. The largest absolute Gasteiger partial charge is 0.489 e. The van der Waals surface area contributed by atoms with E-state index in [-0.39, 0.29) is 23.4 Å². The molecule has 0 radical (unpaired) electrons. The zero-order valence-corrected chi connectivity index (χ0v) is 19.5. The molecule has 200 valence electrons. The molecule has 3 aliphatic heterocycles. The number of carbonyl (C=O) groups is 1. The second-order valence-corrected chi connectivity index (χ2v) is 9.46. The Labute approximate surface area is 208 Å². The van der Waals surface area contributed by atoms with Gasteiger partial charge in [0.05, 0.1) is 17.7 Å². The number of esters is 1. The third kappa shape index (κ3) is 5.48. The molecular formula is C25H24F6N2O4. The molecular weight excluding hydrogens is 506 g/mol. The van der Waals surface area contributed by atoms with Gasteiger partial charge in [-0.1, -0.05) is 0 Å². The first-order valence-electron chi connectivity index (χ1n) is 12.0. The molecule has 3 saturated heterocycles. The van der Waals surface area contributed by atoms with Crippen molar-refractivity contribution >= 4 is 11.8 Å². The van der Waals surface area contributed by atoms with Crippen molar-refractivity contribution in [2.45, 2.75) is 75.4 Å². The number of benzene rings is 1. The Morgan fingerprint density at radius 2 is 1.62 bits per heavy atom. The number of piperidine rings is 1. The van der Waals surface area contributed by atoms with Crippen molar-refractivity contribution < 1.29 is 45.3 Å². The molecule has 3 unspecified atom stereocenters. The maximum Gasteiger partial charge on any atom is 0.417 e. The van der Waals surface area contributed by atoms with Gasteiger partial charge < -0.3 is 19.1 Å². The Morgan fingerprint density at radius 1 is 0.946 bits per heavy atom. The summed E-state index contributed by atoms with van der Waals surface area (Å²) < 4.78 is 95.3. The van der Waals surface area contributed by atoms with Gasteiger partial charge in [0.15, 0.2) is 0 Å². The Morgan fingerprint density at radius 3 is 2.19 bits per heavy atom. The molecule has 0 N–H and O–H groups in total. The summed E-state index contributed by atoms with van der Waals surface area (Å²) in [6, 6.07) is 4.93. The number of aromatic nitrogens is 1. The molecule has 12 heteroatoms. The van der Waals surface area contributed by atoms with Crippen LogP contribution in [0.5, 0.6) is 5.75 Å². The van der Waals surface area contributed by atoms with E-state index < -0.39 is 41.8 Å². The molecule has 1 aromatic heterocycles. The van der Waals surface area contributed by atoms with Gasteiger partial charge in [-0.3, -0.25) is 0 Å². The van der Waals surface area contributed by atoms with Gasteiger partial charge in [-0.05, 0) is 49.6 Å². The van der Waals surface area contributed by atoms with E-state index in [1.165, 1.54) is 6.07 Å². The van der Waals surface area contributed by atoms with E-state index in [4.69, 9.17) is 14.2 Å². The Balaban J connectivity index is 1.33. The Bertz CT molecular complexity index is 1120. The summed E-state index contributed by atoms with van der Waals surface area (Å²) in [6.07, 6.45) is -5.92. The highest BCUT2D eigenvalue weighted by atomic mass is 19.4. The fourth-order valence-electron chi connectivity index (χ4n) is 5.28. The van der Waals surface area contributed by atoms with Crippen LogP contribution >= 0.6 is 0 Å². The molecule has 0 spiro atoms. The highest BCUT2D eigenvalue weighted by molar-refractivity contribution is 5.93. The van der Waals surface area contributed by atoms with Crippen molar-refractivity contribution in [3.05, 3.63) is 53.2 Å². The number of alkyl halides is 6. The number of halogens is 6. The van der Waals surface area contributed by atoms with E-state index in [0.717, 1.165) is 43.3 Å². The normalized spacial score (nSPS) is 25.8. The Hall–Kier alpha value is -3.02. The number of nitrogens with zero attached hydrogens (tertiary/aromatic N) is 2. The van der Waals surface area contributed by atoms with Crippen molar-refractivity contribution in [3.8, 4) is 5.75 Å². The van der Waals surface area contributed by atoms with Crippen LogP contribution in [0.25, 0.3) is 0 Å². The van der Waals surface area contributed by atoms with Crippen LogP contribution in [0.3, 0.4) is 0 Å². The monoisotopic (exact) mass is 530 g/mol. The minimum Gasteiger partial charge on any atom is -0.489 e. The molecule has 2 bridgehead atoms. The maximum atomic E-state index is 13.3. The lowest BCUT2D eigenvalue weighted by Gasteiger charge is -2.40. The summed E-state index contributed by atoms with van der Waals surface area (Å²) in [7, 11) is 0. The van der Waals surface area contributed by atoms with E-state index >= 15 is 0 Å². The number of rotatable bonds is 5. The minimum atomic E-state index is -4.66. The summed E-state index contributed by atoms with van der Waals surface area (Å²) in [5, 5.41) is 0. The molecule has 3 fully saturated rings. The summed E-state index contributed by atoms with van der Waals surface area (Å²) in [6.45, 7) is 0.402. The lowest BCUT2D eigenvalue weighted by molar-refractivity contribution is -0.138. The highest BCUT2D eigenvalue weighted by Gasteiger charge is 2.43. The van der Waals surface area contributed by atoms with Gasteiger partial charge in [0.25, 0.3) is 0 Å². The number of fused-ring (bicyclic) bond motifs is 2. The molecule has 0 amide bonds. The molecule has 0 aliphatic carbocycles. The summed E-state index contributed by atoms with van der Waals surface area (Å²) in [5.41, 5.74) is -2.15. The zero-order chi connectivity index (χ0) is 26.4. The number of anilines is 1. The highest BCUT2D eigenvalue weighted by Crippen LogP contribution is 2.41. The first kappa shape index (κ1) is 25.6. The Kier molecular flexibility index (Phi) is 6.71. The van der Waals surface area contributed by atoms with Crippen LogP contribution in [0.1, 0.15) is 60.0 Å². The topological polar surface area (TPSA) is 60.9 Å². The van der Waals surface area contributed by atoms with E-state index in [1.54, 1.807) is 0 Å². The van der Waals surface area contributed by atoms with Gasteiger partial charge in [0.1, 0.15) is 23.2 Å². The van der Waals surface area contributed by atoms with Gasteiger partial charge in [0.2, 0.25) is 6.29 Å². The summed E-state index contributed by atoms with van der Waals surface area (Å²) >= 11 is 0. The number of carbonyl (C=O) groups excluding carboxylic acids is 1. The van der Waals surface area contributed by atoms with Crippen molar-refractivity contribution in [1.82, 2.24) is 4.98 Å². The lowest BCUT2D eigenvalue weighted by Crippen LogP contribution is -2.47. The maximum absolute atomic E-state index is 13.3.